The number of ether oxygens (including phenoxy) is 1. The minimum atomic E-state index is 0.299. The van der Waals surface area contributed by atoms with E-state index in [9.17, 15) is 0 Å². The third-order valence-corrected chi connectivity index (χ3v) is 4.49. The van der Waals surface area contributed by atoms with Crippen molar-refractivity contribution in [3.05, 3.63) is 51.9 Å². The minimum absolute atomic E-state index is 0.299. The van der Waals surface area contributed by atoms with Crippen LogP contribution in [0, 0.1) is 0 Å². The first-order chi connectivity index (χ1) is 9.78. The number of hydrogen-bond donors (Lipinski definition) is 1. The quantitative estimate of drug-likeness (QED) is 0.900. The number of furan rings is 1. The molecule has 20 heavy (non-hydrogen) atoms. The van der Waals surface area contributed by atoms with E-state index in [1.165, 1.54) is 16.7 Å². The number of benzene rings is 1. The monoisotopic (exact) mass is 335 g/mol. The van der Waals surface area contributed by atoms with Crippen molar-refractivity contribution in [1.29, 1.82) is 0 Å². The zero-order valence-corrected chi connectivity index (χ0v) is 13.1. The minimum Gasteiger partial charge on any atom is -0.493 e. The second-order valence-electron chi connectivity index (χ2n) is 5.07. The maximum absolute atomic E-state index is 5.54. The van der Waals surface area contributed by atoms with Crippen LogP contribution >= 0.6 is 15.9 Å². The summed E-state index contributed by atoms with van der Waals surface area (Å²) in [5.41, 5.74) is 3.89. The Balaban J connectivity index is 1.68. The summed E-state index contributed by atoms with van der Waals surface area (Å²) in [6.45, 7) is 0.819. The van der Waals surface area contributed by atoms with Crippen LogP contribution < -0.4 is 10.1 Å². The van der Waals surface area contributed by atoms with Crippen molar-refractivity contribution in [3.63, 3.8) is 0 Å². The highest BCUT2D eigenvalue weighted by atomic mass is 79.9. The van der Waals surface area contributed by atoms with Crippen LogP contribution in [0.4, 0.5) is 0 Å². The SMILES string of the molecule is CNC(CCc1ccc2c(c1)CCO2)c1ccoc1Br. The average Bonchev–Trinajstić information content (AvgIpc) is 3.08. The lowest BCUT2D eigenvalue weighted by atomic mass is 9.99. The van der Waals surface area contributed by atoms with E-state index in [4.69, 9.17) is 9.15 Å². The van der Waals surface area contributed by atoms with Crippen molar-refractivity contribution in [1.82, 2.24) is 5.32 Å². The van der Waals surface area contributed by atoms with Crippen molar-refractivity contribution in [2.45, 2.75) is 25.3 Å². The van der Waals surface area contributed by atoms with E-state index < -0.39 is 0 Å². The molecule has 1 N–H and O–H groups in total. The van der Waals surface area contributed by atoms with Gasteiger partial charge in [0, 0.05) is 18.0 Å². The standard InChI is InChI=1S/C16H18BrNO2/c1-18-14(13-7-9-20-16(13)17)4-2-11-3-5-15-12(10-11)6-8-19-15/h3,5,7,9-10,14,18H,2,4,6,8H2,1H3. The third kappa shape index (κ3) is 2.76. The van der Waals surface area contributed by atoms with Gasteiger partial charge in [-0.2, -0.15) is 0 Å². The molecule has 2 heterocycles. The fourth-order valence-corrected chi connectivity index (χ4v) is 3.23. The predicted octanol–water partition coefficient (Wildman–Crippen LogP) is 3.87. The Labute approximate surface area is 127 Å². The lowest BCUT2D eigenvalue weighted by Crippen LogP contribution is -2.16. The summed E-state index contributed by atoms with van der Waals surface area (Å²) >= 11 is 3.45. The molecule has 0 saturated carbocycles. The van der Waals surface area contributed by atoms with Crippen LogP contribution in [0.1, 0.15) is 29.2 Å². The van der Waals surface area contributed by atoms with Crippen LogP contribution in [0.5, 0.6) is 5.75 Å². The molecule has 1 unspecified atom stereocenters. The van der Waals surface area contributed by atoms with Gasteiger partial charge in [0.1, 0.15) is 5.75 Å². The molecule has 0 spiro atoms. The second kappa shape index (κ2) is 6.02. The molecule has 106 valence electrons. The first kappa shape index (κ1) is 13.7. The fourth-order valence-electron chi connectivity index (χ4n) is 2.72. The smallest absolute Gasteiger partial charge is 0.173 e. The maximum Gasteiger partial charge on any atom is 0.173 e. The van der Waals surface area contributed by atoms with Gasteiger partial charge in [0.25, 0.3) is 0 Å². The van der Waals surface area contributed by atoms with Gasteiger partial charge in [-0.05, 0) is 59.1 Å². The molecular weight excluding hydrogens is 318 g/mol. The lowest BCUT2D eigenvalue weighted by molar-refractivity contribution is 0.357. The highest BCUT2D eigenvalue weighted by Crippen LogP contribution is 2.29. The molecule has 3 rings (SSSR count). The first-order valence-corrected chi connectivity index (χ1v) is 7.72. The molecule has 1 aromatic carbocycles. The molecule has 3 nitrogen and oxygen atoms in total. The van der Waals surface area contributed by atoms with Gasteiger partial charge < -0.3 is 14.5 Å². The van der Waals surface area contributed by atoms with Gasteiger partial charge >= 0.3 is 0 Å². The van der Waals surface area contributed by atoms with E-state index in [-0.39, 0.29) is 0 Å². The van der Waals surface area contributed by atoms with Crippen LogP contribution in [-0.2, 0) is 12.8 Å². The molecule has 0 fully saturated rings. The Bertz CT molecular complexity index is 594. The van der Waals surface area contributed by atoms with E-state index in [1.54, 1.807) is 6.26 Å². The Morgan fingerprint density at radius 1 is 1.35 bits per heavy atom. The molecule has 1 atom stereocenters. The zero-order chi connectivity index (χ0) is 13.9. The number of hydrogen-bond acceptors (Lipinski definition) is 3. The summed E-state index contributed by atoms with van der Waals surface area (Å²) in [6, 6.07) is 8.86. The molecule has 1 aromatic heterocycles. The molecule has 1 aliphatic heterocycles. The summed E-state index contributed by atoms with van der Waals surface area (Å²) in [5, 5.41) is 3.35. The molecule has 4 heteroatoms. The summed E-state index contributed by atoms with van der Waals surface area (Å²) in [4.78, 5) is 0. The summed E-state index contributed by atoms with van der Waals surface area (Å²) in [7, 11) is 1.99. The molecule has 0 amide bonds. The van der Waals surface area contributed by atoms with Gasteiger partial charge in [-0.15, -0.1) is 0 Å². The van der Waals surface area contributed by atoms with Gasteiger partial charge in [-0.3, -0.25) is 0 Å². The van der Waals surface area contributed by atoms with Crippen LogP contribution in [-0.4, -0.2) is 13.7 Å². The maximum atomic E-state index is 5.54. The zero-order valence-electron chi connectivity index (χ0n) is 11.5. The van der Waals surface area contributed by atoms with Crippen molar-refractivity contribution in [2.75, 3.05) is 13.7 Å². The number of rotatable bonds is 5. The molecule has 0 aliphatic carbocycles. The summed E-state index contributed by atoms with van der Waals surface area (Å²) in [5.74, 6) is 1.05. The predicted molar refractivity (Wildman–Crippen MR) is 82.2 cm³/mol. The van der Waals surface area contributed by atoms with Crippen LogP contribution in [0.25, 0.3) is 0 Å². The summed E-state index contributed by atoms with van der Waals surface area (Å²) in [6.07, 6.45) is 4.83. The average molecular weight is 336 g/mol. The fraction of sp³-hybridized carbons (Fsp3) is 0.375. The molecular formula is C16H18BrNO2. The van der Waals surface area contributed by atoms with E-state index >= 15 is 0 Å². The van der Waals surface area contributed by atoms with E-state index in [2.05, 4.69) is 39.4 Å². The van der Waals surface area contributed by atoms with Gasteiger partial charge in [-0.25, -0.2) is 0 Å². The van der Waals surface area contributed by atoms with Crippen molar-refractivity contribution < 1.29 is 9.15 Å². The van der Waals surface area contributed by atoms with Crippen molar-refractivity contribution in [2.24, 2.45) is 0 Å². The third-order valence-electron chi connectivity index (χ3n) is 3.85. The van der Waals surface area contributed by atoms with Crippen LogP contribution in [0.3, 0.4) is 0 Å². The van der Waals surface area contributed by atoms with E-state index in [1.807, 2.05) is 13.1 Å². The Hall–Kier alpha value is -1.26. The number of nitrogens with one attached hydrogen (secondary N) is 1. The van der Waals surface area contributed by atoms with Gasteiger partial charge in [-0.1, -0.05) is 12.1 Å². The van der Waals surface area contributed by atoms with E-state index in [0.29, 0.717) is 6.04 Å². The lowest BCUT2D eigenvalue weighted by Gasteiger charge is -2.15. The summed E-state index contributed by atoms with van der Waals surface area (Å²) < 4.78 is 11.7. The normalized spacial score (nSPS) is 14.9. The Morgan fingerprint density at radius 2 is 2.25 bits per heavy atom. The van der Waals surface area contributed by atoms with Crippen molar-refractivity contribution in [3.8, 4) is 5.75 Å². The molecule has 0 bridgehead atoms. The molecule has 0 radical (unpaired) electrons. The van der Waals surface area contributed by atoms with Crippen LogP contribution in [0.2, 0.25) is 0 Å². The topological polar surface area (TPSA) is 34.4 Å². The van der Waals surface area contributed by atoms with Gasteiger partial charge in [0.05, 0.1) is 12.9 Å². The molecule has 2 aromatic rings. The van der Waals surface area contributed by atoms with E-state index in [0.717, 1.165) is 36.3 Å². The molecule has 1 aliphatic rings. The van der Waals surface area contributed by atoms with Gasteiger partial charge in [0.15, 0.2) is 4.67 Å². The number of halogens is 1. The first-order valence-electron chi connectivity index (χ1n) is 6.92. The largest absolute Gasteiger partial charge is 0.493 e. The highest BCUT2D eigenvalue weighted by molar-refractivity contribution is 9.10. The Kier molecular flexibility index (Phi) is 4.13. The highest BCUT2D eigenvalue weighted by Gasteiger charge is 2.16. The molecule has 0 saturated heterocycles. The number of fused-ring (bicyclic) bond motifs is 1. The number of aryl methyl sites for hydroxylation is 1. The van der Waals surface area contributed by atoms with Gasteiger partial charge in [0.2, 0.25) is 0 Å². The second-order valence-corrected chi connectivity index (χ2v) is 5.79. The Morgan fingerprint density at radius 3 is 3.00 bits per heavy atom. The van der Waals surface area contributed by atoms with Crippen LogP contribution in [0.15, 0.2) is 39.6 Å². The van der Waals surface area contributed by atoms with Crippen molar-refractivity contribution >= 4 is 15.9 Å².